The fourth-order valence-electron chi connectivity index (χ4n) is 3.42. The fourth-order valence-corrected chi connectivity index (χ4v) is 3.42. The summed E-state index contributed by atoms with van der Waals surface area (Å²) in [5.41, 5.74) is 3.31. The number of nitrogens with zero attached hydrogens (tertiary/aromatic N) is 8. The van der Waals surface area contributed by atoms with Gasteiger partial charge >= 0.3 is 0 Å². The van der Waals surface area contributed by atoms with E-state index in [1.165, 1.54) is 28.6 Å². The molecule has 0 radical (unpaired) electrons. The molecule has 0 aromatic carbocycles. The summed E-state index contributed by atoms with van der Waals surface area (Å²) in [6, 6.07) is 2.94. The van der Waals surface area contributed by atoms with Crippen LogP contribution in [0.3, 0.4) is 0 Å². The molecule has 0 saturated carbocycles. The molecule has 1 amide bonds. The van der Waals surface area contributed by atoms with Crippen molar-refractivity contribution < 1.29 is 4.79 Å². The predicted molar refractivity (Wildman–Crippen MR) is 92.0 cm³/mol. The maximum Gasteiger partial charge on any atom is 0.269 e. The average molecular weight is 353 g/mol. The van der Waals surface area contributed by atoms with Crippen molar-refractivity contribution in [3.8, 4) is 6.07 Å². The molecule has 0 aliphatic carbocycles. The molecule has 134 valence electrons. The average Bonchev–Trinajstić information content (AvgIpc) is 3.26. The first-order chi connectivity index (χ1) is 12.7. The molecule has 10 nitrogen and oxygen atoms in total. The highest BCUT2D eigenvalue weighted by Crippen LogP contribution is 2.27. The molecule has 26 heavy (non-hydrogen) atoms. The van der Waals surface area contributed by atoms with Crippen LogP contribution < -0.4 is 15.3 Å². The third-order valence-electron chi connectivity index (χ3n) is 4.74. The van der Waals surface area contributed by atoms with Crippen LogP contribution in [0.5, 0.6) is 0 Å². The minimum Gasteiger partial charge on any atom is -0.356 e. The van der Waals surface area contributed by atoms with Crippen LogP contribution in [0.4, 0.5) is 11.6 Å². The molecule has 0 bridgehead atoms. The SMILES string of the molecule is CC1NN(c2cc(N3CCCCC3)ncn2)C(=O)C1n1cc(C#N)nn1. The third-order valence-corrected chi connectivity index (χ3v) is 4.74. The van der Waals surface area contributed by atoms with Gasteiger partial charge in [0.1, 0.15) is 18.2 Å². The maximum atomic E-state index is 12.9. The topological polar surface area (TPSA) is 116 Å². The Bertz CT molecular complexity index is 851. The van der Waals surface area contributed by atoms with Gasteiger partial charge in [-0.15, -0.1) is 5.10 Å². The number of rotatable bonds is 3. The zero-order valence-corrected chi connectivity index (χ0v) is 14.4. The number of piperidine rings is 1. The first-order valence-corrected chi connectivity index (χ1v) is 8.66. The van der Waals surface area contributed by atoms with Gasteiger partial charge in [0.2, 0.25) is 0 Å². The standard InChI is InChI=1S/C16H19N9O/c1-11-15(24-9-12(8-17)20-22-24)16(26)25(21-11)14-7-13(18-10-19-14)23-5-3-2-4-6-23/h7,9-11,15,21H,2-6H2,1H3. The van der Waals surface area contributed by atoms with Crippen LogP contribution in [-0.2, 0) is 4.79 Å². The molecule has 4 heterocycles. The van der Waals surface area contributed by atoms with Crippen LogP contribution in [0.1, 0.15) is 37.9 Å². The summed E-state index contributed by atoms with van der Waals surface area (Å²) in [4.78, 5) is 23.7. The second-order valence-electron chi connectivity index (χ2n) is 6.51. The van der Waals surface area contributed by atoms with Crippen LogP contribution in [0.25, 0.3) is 0 Å². The number of carbonyl (C=O) groups excluding carboxylic acids is 1. The number of hydrazine groups is 1. The Balaban J connectivity index is 1.58. The first kappa shape index (κ1) is 16.4. The summed E-state index contributed by atoms with van der Waals surface area (Å²) < 4.78 is 1.42. The monoisotopic (exact) mass is 353 g/mol. The van der Waals surface area contributed by atoms with Gasteiger partial charge in [0.15, 0.2) is 17.6 Å². The molecule has 2 atom stereocenters. The second kappa shape index (κ2) is 6.68. The highest BCUT2D eigenvalue weighted by molar-refractivity contribution is 5.97. The molecular formula is C16H19N9O. The Hall–Kier alpha value is -3.06. The Morgan fingerprint density at radius 3 is 2.73 bits per heavy atom. The van der Waals surface area contributed by atoms with E-state index in [9.17, 15) is 4.79 Å². The lowest BCUT2D eigenvalue weighted by Crippen LogP contribution is -2.37. The Labute approximate surface area is 150 Å². The lowest BCUT2D eigenvalue weighted by molar-refractivity contribution is -0.120. The van der Waals surface area contributed by atoms with Crippen LogP contribution >= 0.6 is 0 Å². The summed E-state index contributed by atoms with van der Waals surface area (Å²) in [5, 5.41) is 18.0. The van der Waals surface area contributed by atoms with E-state index in [2.05, 4.69) is 30.6 Å². The van der Waals surface area contributed by atoms with Gasteiger partial charge in [-0.1, -0.05) is 5.21 Å². The Morgan fingerprint density at radius 1 is 1.23 bits per heavy atom. The molecule has 10 heteroatoms. The quantitative estimate of drug-likeness (QED) is 0.843. The largest absolute Gasteiger partial charge is 0.356 e. The molecule has 2 unspecified atom stereocenters. The molecule has 2 aliphatic heterocycles. The molecule has 2 saturated heterocycles. The van der Waals surface area contributed by atoms with E-state index in [4.69, 9.17) is 5.26 Å². The molecule has 0 spiro atoms. The van der Waals surface area contributed by atoms with Crippen molar-refractivity contribution in [2.75, 3.05) is 23.0 Å². The lowest BCUT2D eigenvalue weighted by atomic mass is 10.1. The number of aromatic nitrogens is 5. The van der Waals surface area contributed by atoms with E-state index >= 15 is 0 Å². The summed E-state index contributed by atoms with van der Waals surface area (Å²) in [7, 11) is 0. The van der Waals surface area contributed by atoms with Crippen molar-refractivity contribution in [1.82, 2.24) is 30.4 Å². The Kier molecular flexibility index (Phi) is 4.22. The zero-order valence-electron chi connectivity index (χ0n) is 14.4. The van der Waals surface area contributed by atoms with Crippen LogP contribution in [0.2, 0.25) is 0 Å². The van der Waals surface area contributed by atoms with Gasteiger partial charge in [-0.3, -0.25) is 4.79 Å². The first-order valence-electron chi connectivity index (χ1n) is 8.66. The minimum absolute atomic E-state index is 0.179. The van der Waals surface area contributed by atoms with Crippen molar-refractivity contribution in [1.29, 1.82) is 5.26 Å². The molecule has 4 rings (SSSR count). The molecular weight excluding hydrogens is 334 g/mol. The van der Waals surface area contributed by atoms with Crippen LogP contribution in [0.15, 0.2) is 18.6 Å². The van der Waals surface area contributed by atoms with Gasteiger partial charge in [-0.05, 0) is 26.2 Å². The smallest absolute Gasteiger partial charge is 0.269 e. The normalized spacial score (nSPS) is 23.3. The van der Waals surface area contributed by atoms with Gasteiger partial charge in [-0.25, -0.2) is 25.1 Å². The second-order valence-corrected chi connectivity index (χ2v) is 6.51. The zero-order chi connectivity index (χ0) is 18.1. The molecule has 2 aliphatic rings. The van der Waals surface area contributed by atoms with Gasteiger partial charge < -0.3 is 4.90 Å². The minimum atomic E-state index is -0.585. The highest BCUT2D eigenvalue weighted by atomic mass is 16.2. The number of hydrogen-bond donors (Lipinski definition) is 1. The third kappa shape index (κ3) is 2.86. The van der Waals surface area contributed by atoms with Crippen molar-refractivity contribution in [2.24, 2.45) is 0 Å². The number of nitrogens with one attached hydrogen (secondary N) is 1. The fraction of sp³-hybridized carbons (Fsp3) is 0.500. The number of nitriles is 1. The van der Waals surface area contributed by atoms with Gasteiger partial charge in [0, 0.05) is 19.2 Å². The van der Waals surface area contributed by atoms with Crippen LogP contribution in [0, 0.1) is 11.3 Å². The van der Waals surface area contributed by atoms with Gasteiger partial charge in [0.05, 0.1) is 12.2 Å². The van der Waals surface area contributed by atoms with Crippen molar-refractivity contribution in [3.05, 3.63) is 24.3 Å². The predicted octanol–water partition coefficient (Wildman–Crippen LogP) is 0.411. The van der Waals surface area contributed by atoms with E-state index in [1.54, 1.807) is 0 Å². The number of hydrogen-bond acceptors (Lipinski definition) is 8. The maximum absolute atomic E-state index is 12.9. The summed E-state index contributed by atoms with van der Waals surface area (Å²) in [6.07, 6.45) is 6.49. The molecule has 2 aromatic heterocycles. The van der Waals surface area contributed by atoms with E-state index in [0.717, 1.165) is 31.7 Å². The number of carbonyl (C=O) groups is 1. The highest BCUT2D eigenvalue weighted by Gasteiger charge is 2.41. The summed E-state index contributed by atoms with van der Waals surface area (Å²) >= 11 is 0. The molecule has 2 fully saturated rings. The van der Waals surface area contributed by atoms with Crippen molar-refractivity contribution in [3.63, 3.8) is 0 Å². The Morgan fingerprint density at radius 2 is 2.00 bits per heavy atom. The van der Waals surface area contributed by atoms with E-state index < -0.39 is 6.04 Å². The van der Waals surface area contributed by atoms with E-state index in [0.29, 0.717) is 5.82 Å². The van der Waals surface area contributed by atoms with Gasteiger partial charge in [-0.2, -0.15) is 5.26 Å². The van der Waals surface area contributed by atoms with Crippen molar-refractivity contribution in [2.45, 2.75) is 38.3 Å². The van der Waals surface area contributed by atoms with E-state index in [1.807, 2.05) is 19.1 Å². The van der Waals surface area contributed by atoms with Gasteiger partial charge in [0.25, 0.3) is 5.91 Å². The van der Waals surface area contributed by atoms with E-state index in [-0.39, 0.29) is 17.6 Å². The van der Waals surface area contributed by atoms with Crippen molar-refractivity contribution >= 4 is 17.5 Å². The molecule has 2 aromatic rings. The lowest BCUT2D eigenvalue weighted by Gasteiger charge is -2.28. The number of amides is 1. The number of anilines is 2. The summed E-state index contributed by atoms with van der Waals surface area (Å²) in [6.45, 7) is 3.81. The molecule has 1 N–H and O–H groups in total. The van der Waals surface area contributed by atoms with Crippen LogP contribution in [-0.4, -0.2) is 50.0 Å². The summed E-state index contributed by atoms with van der Waals surface area (Å²) in [5.74, 6) is 1.13.